The number of hydrogen-bond acceptors (Lipinski definition) is 5. The van der Waals surface area contributed by atoms with E-state index in [2.05, 4.69) is 10.3 Å². The number of carbonyl (C=O) groups is 1. The summed E-state index contributed by atoms with van der Waals surface area (Å²) in [6, 6.07) is 11.8. The van der Waals surface area contributed by atoms with Crippen molar-refractivity contribution in [1.29, 1.82) is 0 Å². The maximum atomic E-state index is 12.9. The Hall–Kier alpha value is -3.48. The molecule has 7 heteroatoms. The van der Waals surface area contributed by atoms with Gasteiger partial charge in [0.2, 0.25) is 0 Å². The molecule has 33 heavy (non-hydrogen) atoms. The van der Waals surface area contributed by atoms with Crippen LogP contribution in [0.3, 0.4) is 0 Å². The van der Waals surface area contributed by atoms with E-state index in [4.69, 9.17) is 14.2 Å². The largest absolute Gasteiger partial charge is 0.493 e. The highest BCUT2D eigenvalue weighted by molar-refractivity contribution is 5.93. The summed E-state index contributed by atoms with van der Waals surface area (Å²) < 4.78 is 17.1. The monoisotopic (exact) mass is 447 g/mol. The summed E-state index contributed by atoms with van der Waals surface area (Å²) in [4.78, 5) is 19.2. The van der Waals surface area contributed by atoms with Crippen LogP contribution in [0.2, 0.25) is 0 Å². The lowest BCUT2D eigenvalue weighted by molar-refractivity contribution is 0.242. The Bertz CT molecular complexity index is 1170. The molecule has 1 aliphatic heterocycles. The van der Waals surface area contributed by atoms with Gasteiger partial charge in [0.05, 0.1) is 19.7 Å². The van der Waals surface area contributed by atoms with E-state index in [1.165, 1.54) is 12.8 Å². The average Bonchev–Trinajstić information content (AvgIpc) is 3.35. The number of anilines is 1. The molecule has 0 unspecified atom stereocenters. The quantitative estimate of drug-likeness (QED) is 0.563. The normalized spacial score (nSPS) is 15.9. The fraction of sp³-hybridized carbons (Fsp3) is 0.385. The first-order valence-corrected chi connectivity index (χ1v) is 11.6. The van der Waals surface area contributed by atoms with Crippen LogP contribution in [-0.2, 0) is 6.42 Å². The van der Waals surface area contributed by atoms with Gasteiger partial charge in [-0.2, -0.15) is 0 Å². The zero-order valence-electron chi connectivity index (χ0n) is 19.1. The molecule has 172 valence electrons. The molecule has 5 rings (SSSR count). The third kappa shape index (κ3) is 4.27. The van der Waals surface area contributed by atoms with Crippen LogP contribution in [0.25, 0.3) is 10.9 Å². The Morgan fingerprint density at radius 1 is 1.00 bits per heavy atom. The van der Waals surface area contributed by atoms with E-state index < -0.39 is 0 Å². The Balaban J connectivity index is 1.40. The smallest absolute Gasteiger partial charge is 0.322 e. The number of rotatable bonds is 5. The number of amides is 2. The number of pyridine rings is 1. The average molecular weight is 448 g/mol. The predicted octanol–water partition coefficient (Wildman–Crippen LogP) is 5.45. The fourth-order valence-corrected chi connectivity index (χ4v) is 4.83. The van der Waals surface area contributed by atoms with Crippen molar-refractivity contribution in [3.8, 4) is 23.0 Å². The first-order valence-electron chi connectivity index (χ1n) is 11.6. The number of nitrogens with zero attached hydrogens (tertiary/aromatic N) is 2. The number of hydrogen-bond donors (Lipinski definition) is 1. The first kappa shape index (κ1) is 21.4. The van der Waals surface area contributed by atoms with Crippen LogP contribution in [-0.4, -0.2) is 37.8 Å². The minimum Gasteiger partial charge on any atom is -0.493 e. The topological polar surface area (TPSA) is 72.9 Å². The number of methoxy groups -OCH3 is 2. The summed E-state index contributed by atoms with van der Waals surface area (Å²) in [6.45, 7) is 0.738. The number of urea groups is 1. The van der Waals surface area contributed by atoms with Crippen LogP contribution in [0.1, 0.15) is 37.7 Å². The Morgan fingerprint density at radius 3 is 2.58 bits per heavy atom. The number of aryl methyl sites for hydroxylation is 1. The molecule has 0 spiro atoms. The van der Waals surface area contributed by atoms with Crippen molar-refractivity contribution < 1.29 is 19.0 Å². The number of ether oxygens (including phenoxy) is 3. The molecule has 1 fully saturated rings. The summed E-state index contributed by atoms with van der Waals surface area (Å²) in [5.74, 6) is 2.67. The lowest BCUT2D eigenvalue weighted by atomic mass is 10.0. The molecule has 0 radical (unpaired) electrons. The third-order valence-electron chi connectivity index (χ3n) is 6.53. The van der Waals surface area contributed by atoms with E-state index in [1.807, 2.05) is 41.3 Å². The lowest BCUT2D eigenvalue weighted by Gasteiger charge is -2.31. The SMILES string of the molecule is COc1cc2nccc(Oc3ccc4c(c3)CCCN4C(=O)NC3CCCC3)c2cc1OC. The highest BCUT2D eigenvalue weighted by Gasteiger charge is 2.26. The predicted molar refractivity (Wildman–Crippen MR) is 128 cm³/mol. The molecular formula is C26H29N3O4. The lowest BCUT2D eigenvalue weighted by Crippen LogP contribution is -2.46. The molecule has 1 N–H and O–H groups in total. The zero-order chi connectivity index (χ0) is 22.8. The van der Waals surface area contributed by atoms with E-state index in [1.54, 1.807) is 20.4 Å². The minimum absolute atomic E-state index is 0.0117. The molecule has 2 heterocycles. The van der Waals surface area contributed by atoms with Crippen LogP contribution < -0.4 is 24.4 Å². The van der Waals surface area contributed by atoms with Gasteiger partial charge in [-0.05, 0) is 61.6 Å². The Kier molecular flexibility index (Phi) is 5.94. The Morgan fingerprint density at radius 2 is 1.79 bits per heavy atom. The summed E-state index contributed by atoms with van der Waals surface area (Å²) in [5, 5.41) is 4.05. The number of carbonyl (C=O) groups excluding carboxylic acids is 1. The molecule has 1 aromatic heterocycles. The summed E-state index contributed by atoms with van der Waals surface area (Å²) in [6.07, 6.45) is 8.13. The van der Waals surface area contributed by atoms with E-state index in [0.29, 0.717) is 23.3 Å². The summed E-state index contributed by atoms with van der Waals surface area (Å²) in [5.41, 5.74) is 2.85. The molecule has 0 saturated heterocycles. The Labute approximate surface area is 193 Å². The van der Waals surface area contributed by atoms with Crippen LogP contribution in [0.5, 0.6) is 23.0 Å². The molecule has 7 nitrogen and oxygen atoms in total. The molecule has 0 bridgehead atoms. The molecule has 2 amide bonds. The van der Waals surface area contributed by atoms with Gasteiger partial charge in [-0.3, -0.25) is 9.88 Å². The first-order chi connectivity index (χ1) is 16.2. The fourth-order valence-electron chi connectivity index (χ4n) is 4.83. The van der Waals surface area contributed by atoms with E-state index in [0.717, 1.165) is 60.1 Å². The molecular weight excluding hydrogens is 418 g/mol. The van der Waals surface area contributed by atoms with Gasteiger partial charge in [0.1, 0.15) is 11.5 Å². The van der Waals surface area contributed by atoms with Gasteiger partial charge >= 0.3 is 6.03 Å². The maximum absolute atomic E-state index is 12.9. The van der Waals surface area contributed by atoms with Crippen LogP contribution in [0, 0.1) is 0 Å². The van der Waals surface area contributed by atoms with Crippen molar-refractivity contribution in [2.24, 2.45) is 0 Å². The molecule has 3 aromatic rings. The van der Waals surface area contributed by atoms with Crippen LogP contribution >= 0.6 is 0 Å². The minimum atomic E-state index is 0.0117. The number of nitrogens with one attached hydrogen (secondary N) is 1. The van der Waals surface area contributed by atoms with Gasteiger partial charge in [0.15, 0.2) is 11.5 Å². The number of benzene rings is 2. The number of aromatic nitrogens is 1. The standard InChI is InChI=1S/C26H29N3O4/c1-31-24-15-20-21(16-25(24)32-2)27-12-11-23(20)33-19-9-10-22-17(14-19)6-5-13-29(22)26(30)28-18-7-3-4-8-18/h9-12,14-16,18H,3-8,13H2,1-2H3,(H,28,30). The highest BCUT2D eigenvalue weighted by atomic mass is 16.5. The van der Waals surface area contributed by atoms with Crippen LogP contribution in [0.15, 0.2) is 42.6 Å². The maximum Gasteiger partial charge on any atom is 0.322 e. The van der Waals surface area contributed by atoms with Crippen molar-refractivity contribution >= 4 is 22.6 Å². The summed E-state index contributed by atoms with van der Waals surface area (Å²) >= 11 is 0. The molecule has 2 aliphatic rings. The van der Waals surface area contributed by atoms with Crippen molar-refractivity contribution in [3.63, 3.8) is 0 Å². The molecule has 2 aromatic carbocycles. The van der Waals surface area contributed by atoms with Gasteiger partial charge in [-0.15, -0.1) is 0 Å². The van der Waals surface area contributed by atoms with Gasteiger partial charge in [-0.1, -0.05) is 12.8 Å². The van der Waals surface area contributed by atoms with Gasteiger partial charge in [0, 0.05) is 35.9 Å². The second kappa shape index (κ2) is 9.17. The van der Waals surface area contributed by atoms with Crippen molar-refractivity contribution in [2.45, 2.75) is 44.6 Å². The van der Waals surface area contributed by atoms with Crippen molar-refractivity contribution in [2.75, 3.05) is 25.7 Å². The molecule has 0 atom stereocenters. The van der Waals surface area contributed by atoms with Crippen LogP contribution in [0.4, 0.5) is 10.5 Å². The van der Waals surface area contributed by atoms with Gasteiger partial charge < -0.3 is 19.5 Å². The summed E-state index contributed by atoms with van der Waals surface area (Å²) in [7, 11) is 3.22. The van der Waals surface area contributed by atoms with Gasteiger partial charge in [0.25, 0.3) is 0 Å². The molecule has 1 aliphatic carbocycles. The third-order valence-corrected chi connectivity index (χ3v) is 6.53. The van der Waals surface area contributed by atoms with E-state index in [9.17, 15) is 4.79 Å². The van der Waals surface area contributed by atoms with E-state index >= 15 is 0 Å². The second-order valence-electron chi connectivity index (χ2n) is 8.61. The van der Waals surface area contributed by atoms with E-state index in [-0.39, 0.29) is 6.03 Å². The molecule has 1 saturated carbocycles. The van der Waals surface area contributed by atoms with Gasteiger partial charge in [-0.25, -0.2) is 4.79 Å². The zero-order valence-corrected chi connectivity index (χ0v) is 19.1. The number of fused-ring (bicyclic) bond motifs is 2. The van der Waals surface area contributed by atoms with Crippen molar-refractivity contribution in [1.82, 2.24) is 10.3 Å². The second-order valence-corrected chi connectivity index (χ2v) is 8.61. The highest BCUT2D eigenvalue weighted by Crippen LogP contribution is 2.38. The van der Waals surface area contributed by atoms with Crippen molar-refractivity contribution in [3.05, 3.63) is 48.2 Å².